The second kappa shape index (κ2) is 7.51. The van der Waals surface area contributed by atoms with Crippen LogP contribution in [0.2, 0.25) is 0 Å². The van der Waals surface area contributed by atoms with Gasteiger partial charge in [-0.3, -0.25) is 4.79 Å². The Hall–Kier alpha value is -2.62. The smallest absolute Gasteiger partial charge is 0.264 e. The van der Waals surface area contributed by atoms with Crippen LogP contribution < -0.4 is 0 Å². The molecule has 1 aromatic carbocycles. The van der Waals surface area contributed by atoms with Crippen LogP contribution in [0.3, 0.4) is 0 Å². The van der Waals surface area contributed by atoms with E-state index in [1.54, 1.807) is 24.5 Å². The molecule has 1 aromatic rings. The number of carbonyl (C=O) groups is 1. The molecule has 0 bridgehead atoms. The predicted octanol–water partition coefficient (Wildman–Crippen LogP) is 4.46. The highest BCUT2D eigenvalue weighted by Crippen LogP contribution is 2.38. The maximum atomic E-state index is 13.4. The second-order valence-corrected chi connectivity index (χ2v) is 6.20. The van der Waals surface area contributed by atoms with Gasteiger partial charge in [-0.2, -0.15) is 0 Å². The molecule has 0 aliphatic carbocycles. The van der Waals surface area contributed by atoms with Gasteiger partial charge in [0.2, 0.25) is 0 Å². The molecule has 0 spiro atoms. The van der Waals surface area contributed by atoms with Crippen LogP contribution >= 0.6 is 0 Å². The van der Waals surface area contributed by atoms with Crippen LogP contribution in [0.15, 0.2) is 73.1 Å². The first-order chi connectivity index (χ1) is 12.2. The Kier molecular flexibility index (Phi) is 5.17. The molecule has 0 unspecified atom stereocenters. The molecular weight excluding hydrogens is 317 g/mol. The van der Waals surface area contributed by atoms with E-state index in [-0.39, 0.29) is 17.8 Å². The van der Waals surface area contributed by atoms with Gasteiger partial charge in [-0.25, -0.2) is 4.39 Å². The highest BCUT2D eigenvalue weighted by Gasteiger charge is 2.36. The van der Waals surface area contributed by atoms with Crippen LogP contribution in [0.5, 0.6) is 0 Å². The zero-order valence-electron chi connectivity index (χ0n) is 14.2. The minimum Gasteiger partial charge on any atom is -0.489 e. The maximum absolute atomic E-state index is 13.4. The summed E-state index contributed by atoms with van der Waals surface area (Å²) in [4.78, 5) is 14.9. The molecular formula is C21H22FNO2. The van der Waals surface area contributed by atoms with Crippen molar-refractivity contribution in [3.63, 3.8) is 0 Å². The van der Waals surface area contributed by atoms with Gasteiger partial charge < -0.3 is 9.64 Å². The largest absolute Gasteiger partial charge is 0.489 e. The Bertz CT molecular complexity index is 733. The normalized spacial score (nSPS) is 23.2. The van der Waals surface area contributed by atoms with Crippen molar-refractivity contribution >= 4 is 5.91 Å². The van der Waals surface area contributed by atoms with Crippen LogP contribution in [0.25, 0.3) is 0 Å². The summed E-state index contributed by atoms with van der Waals surface area (Å²) in [6, 6.07) is 5.97. The van der Waals surface area contributed by atoms with E-state index in [4.69, 9.17) is 4.74 Å². The van der Waals surface area contributed by atoms with Crippen molar-refractivity contribution in [1.29, 1.82) is 0 Å². The Balaban J connectivity index is 2.01. The highest BCUT2D eigenvalue weighted by molar-refractivity contribution is 5.82. The second-order valence-electron chi connectivity index (χ2n) is 6.20. The minimum absolute atomic E-state index is 0.0406. The third kappa shape index (κ3) is 3.43. The van der Waals surface area contributed by atoms with Gasteiger partial charge in [0.1, 0.15) is 5.82 Å². The monoisotopic (exact) mass is 339 g/mol. The molecule has 4 heteroatoms. The van der Waals surface area contributed by atoms with E-state index in [2.05, 4.69) is 13.2 Å². The maximum Gasteiger partial charge on any atom is 0.264 e. The number of rotatable bonds is 4. The molecule has 2 aliphatic heterocycles. The van der Waals surface area contributed by atoms with Crippen molar-refractivity contribution in [2.45, 2.75) is 31.4 Å². The van der Waals surface area contributed by atoms with Crippen molar-refractivity contribution in [3.8, 4) is 0 Å². The lowest BCUT2D eigenvalue weighted by molar-refractivity contribution is -0.143. The van der Waals surface area contributed by atoms with Gasteiger partial charge in [-0.1, -0.05) is 37.4 Å². The zero-order valence-corrected chi connectivity index (χ0v) is 14.2. The van der Waals surface area contributed by atoms with Crippen molar-refractivity contribution in [2.75, 3.05) is 6.54 Å². The van der Waals surface area contributed by atoms with Crippen LogP contribution in [0.1, 0.15) is 30.9 Å². The number of allylic oxidation sites excluding steroid dienone is 2. The molecule has 0 fully saturated rings. The molecule has 2 heterocycles. The Morgan fingerprint density at radius 3 is 2.60 bits per heavy atom. The summed E-state index contributed by atoms with van der Waals surface area (Å²) in [6.45, 7) is 8.38. The van der Waals surface area contributed by atoms with E-state index in [1.165, 1.54) is 12.1 Å². The average molecular weight is 339 g/mol. The Morgan fingerprint density at radius 1 is 1.24 bits per heavy atom. The van der Waals surface area contributed by atoms with Crippen LogP contribution in [-0.4, -0.2) is 23.5 Å². The lowest BCUT2D eigenvalue weighted by atomic mass is 9.87. The molecule has 3 nitrogen and oxygen atoms in total. The van der Waals surface area contributed by atoms with Crippen LogP contribution in [-0.2, 0) is 9.53 Å². The molecule has 2 aliphatic rings. The number of benzene rings is 1. The first kappa shape index (κ1) is 17.2. The topological polar surface area (TPSA) is 29.5 Å². The number of carbonyl (C=O) groups excluding carboxylic acids is 1. The quantitative estimate of drug-likeness (QED) is 0.810. The lowest BCUT2D eigenvalue weighted by Gasteiger charge is -2.39. The number of amides is 1. The molecule has 0 radical (unpaired) electrons. The summed E-state index contributed by atoms with van der Waals surface area (Å²) in [5, 5.41) is 0. The summed E-state index contributed by atoms with van der Waals surface area (Å²) in [5.74, 6) is -0.340. The van der Waals surface area contributed by atoms with Gasteiger partial charge in [0, 0.05) is 6.54 Å². The summed E-state index contributed by atoms with van der Waals surface area (Å²) in [6.07, 6.45) is 8.85. The van der Waals surface area contributed by atoms with Crippen molar-refractivity contribution in [3.05, 3.63) is 84.4 Å². The first-order valence-electron chi connectivity index (χ1n) is 8.50. The SMILES string of the molecule is C=CC1=C(C=C)[C@H](c2ccc(F)cc2)N(C(=O)[C@H]2CCC=CO2)CC1. The van der Waals surface area contributed by atoms with Gasteiger partial charge in [-0.05, 0) is 54.2 Å². The number of hydrogen-bond acceptors (Lipinski definition) is 2. The number of ether oxygens (including phenoxy) is 1. The summed E-state index contributed by atoms with van der Waals surface area (Å²) in [5.41, 5.74) is 2.86. The fourth-order valence-electron chi connectivity index (χ4n) is 3.46. The first-order valence-corrected chi connectivity index (χ1v) is 8.50. The molecule has 0 saturated heterocycles. The molecule has 3 rings (SSSR count). The van der Waals surface area contributed by atoms with Crippen LogP contribution in [0, 0.1) is 5.82 Å². The van der Waals surface area contributed by atoms with Gasteiger partial charge >= 0.3 is 0 Å². The van der Waals surface area contributed by atoms with E-state index in [0.29, 0.717) is 13.0 Å². The molecule has 0 aromatic heterocycles. The number of halogens is 1. The Labute approximate surface area is 147 Å². The molecule has 1 amide bonds. The van der Waals surface area contributed by atoms with E-state index >= 15 is 0 Å². The van der Waals surface area contributed by atoms with Crippen molar-refractivity contribution in [2.24, 2.45) is 0 Å². The van der Waals surface area contributed by atoms with Gasteiger partial charge in [0.05, 0.1) is 12.3 Å². The van der Waals surface area contributed by atoms with Crippen LogP contribution in [0.4, 0.5) is 4.39 Å². The number of hydrogen-bond donors (Lipinski definition) is 0. The van der Waals surface area contributed by atoms with E-state index < -0.39 is 6.10 Å². The summed E-state index contributed by atoms with van der Waals surface area (Å²) >= 11 is 0. The van der Waals surface area contributed by atoms with E-state index in [0.717, 1.165) is 29.6 Å². The summed E-state index contributed by atoms with van der Waals surface area (Å²) < 4.78 is 18.9. The fraction of sp³-hybridized carbons (Fsp3) is 0.286. The third-order valence-electron chi connectivity index (χ3n) is 4.74. The zero-order chi connectivity index (χ0) is 17.8. The average Bonchev–Trinajstić information content (AvgIpc) is 2.67. The Morgan fingerprint density at radius 2 is 2.00 bits per heavy atom. The standard InChI is InChI=1S/C21H22FNO2/c1-3-15-12-13-23(21(24)19-7-5-6-14-25-19)20(18(15)4-2)16-8-10-17(22)11-9-16/h3-4,6,8-11,14,19-20H,1-2,5,7,12-13H2/t19-,20+/m1/s1. The molecule has 0 N–H and O–H groups in total. The van der Waals surface area contributed by atoms with Gasteiger partial charge in [-0.15, -0.1) is 0 Å². The highest BCUT2D eigenvalue weighted by atomic mass is 19.1. The molecule has 130 valence electrons. The third-order valence-corrected chi connectivity index (χ3v) is 4.74. The number of nitrogens with zero attached hydrogens (tertiary/aromatic N) is 1. The minimum atomic E-state index is -0.468. The summed E-state index contributed by atoms with van der Waals surface area (Å²) in [7, 11) is 0. The van der Waals surface area contributed by atoms with Crippen molar-refractivity contribution in [1.82, 2.24) is 4.90 Å². The molecule has 2 atom stereocenters. The fourth-order valence-corrected chi connectivity index (χ4v) is 3.46. The lowest BCUT2D eigenvalue weighted by Crippen LogP contribution is -2.45. The van der Waals surface area contributed by atoms with Crippen molar-refractivity contribution < 1.29 is 13.9 Å². The van der Waals surface area contributed by atoms with E-state index in [9.17, 15) is 9.18 Å². The van der Waals surface area contributed by atoms with Gasteiger partial charge in [0.15, 0.2) is 6.10 Å². The molecule has 25 heavy (non-hydrogen) atoms. The molecule has 0 saturated carbocycles. The van der Waals surface area contributed by atoms with Gasteiger partial charge in [0.25, 0.3) is 5.91 Å². The predicted molar refractivity (Wildman–Crippen MR) is 96.1 cm³/mol. The van der Waals surface area contributed by atoms with E-state index in [1.807, 2.05) is 17.1 Å².